The lowest BCUT2D eigenvalue weighted by atomic mass is 10.1. The number of nitrogens with zero attached hydrogens (tertiary/aromatic N) is 2. The molecule has 0 heterocycles. The number of carbonyl (C=O) groups excluding carboxylic acids is 1. The van der Waals surface area contributed by atoms with Gasteiger partial charge < -0.3 is 9.64 Å². The third kappa shape index (κ3) is 2.05. The average Bonchev–Trinajstić information content (AvgIpc) is 2.20. The zero-order chi connectivity index (χ0) is 11.4. The van der Waals surface area contributed by atoms with Gasteiger partial charge in [-0.05, 0) is 12.1 Å². The number of hydrogen-bond donors (Lipinski definition) is 0. The van der Waals surface area contributed by atoms with Gasteiger partial charge in [0.05, 0.1) is 5.69 Å². The van der Waals surface area contributed by atoms with Gasteiger partial charge in [0.15, 0.2) is 11.6 Å². The quantitative estimate of drug-likeness (QED) is 0.702. The molecule has 0 amide bonds. The molecular formula is C10H9FN2O2. The second-order valence-electron chi connectivity index (χ2n) is 2.99. The third-order valence-corrected chi connectivity index (χ3v) is 1.85. The highest BCUT2D eigenvalue weighted by atomic mass is 19.1. The number of nitriles is 1. The van der Waals surface area contributed by atoms with Crippen LogP contribution in [0.5, 0.6) is 5.75 Å². The molecular weight excluding hydrogens is 199 g/mol. The molecule has 0 aromatic heterocycles. The number of halogens is 1. The van der Waals surface area contributed by atoms with Crippen LogP contribution in [0.4, 0.5) is 10.1 Å². The highest BCUT2D eigenvalue weighted by Crippen LogP contribution is 2.27. The fourth-order valence-electron chi connectivity index (χ4n) is 1.17. The van der Waals surface area contributed by atoms with Gasteiger partial charge in [-0.15, -0.1) is 0 Å². The molecule has 15 heavy (non-hydrogen) atoms. The first kappa shape index (κ1) is 11.0. The summed E-state index contributed by atoms with van der Waals surface area (Å²) in [6.07, 6.45) is 0. The zero-order valence-electron chi connectivity index (χ0n) is 8.32. The van der Waals surface area contributed by atoms with E-state index in [0.717, 1.165) is 0 Å². The van der Waals surface area contributed by atoms with Crippen LogP contribution in [0, 0.1) is 17.1 Å². The predicted molar refractivity (Wildman–Crippen MR) is 52.1 cm³/mol. The lowest BCUT2D eigenvalue weighted by Gasteiger charge is -2.15. The van der Waals surface area contributed by atoms with Crippen LogP contribution in [-0.2, 0) is 4.79 Å². The normalized spacial score (nSPS) is 9.20. The van der Waals surface area contributed by atoms with Crippen LogP contribution >= 0.6 is 0 Å². The van der Waals surface area contributed by atoms with E-state index in [2.05, 4.69) is 4.74 Å². The van der Waals surface area contributed by atoms with Crippen molar-refractivity contribution in [3.05, 3.63) is 23.5 Å². The van der Waals surface area contributed by atoms with E-state index in [-0.39, 0.29) is 17.8 Å². The summed E-state index contributed by atoms with van der Waals surface area (Å²) in [5.41, 5.74) is 0.299. The van der Waals surface area contributed by atoms with Crippen molar-refractivity contribution in [1.82, 2.24) is 0 Å². The smallest absolute Gasteiger partial charge is 0.298 e. The summed E-state index contributed by atoms with van der Waals surface area (Å²) in [5, 5.41) is 8.78. The summed E-state index contributed by atoms with van der Waals surface area (Å²) in [6, 6.07) is 4.55. The van der Waals surface area contributed by atoms with E-state index in [1.54, 1.807) is 25.1 Å². The maximum atomic E-state index is 13.5. The molecule has 0 aliphatic rings. The van der Waals surface area contributed by atoms with E-state index in [1.165, 1.54) is 12.1 Å². The third-order valence-electron chi connectivity index (χ3n) is 1.85. The molecule has 0 N–H and O–H groups in total. The van der Waals surface area contributed by atoms with Crippen molar-refractivity contribution in [3.63, 3.8) is 0 Å². The Balaban J connectivity index is 3.33. The Hall–Kier alpha value is -2.09. The Morgan fingerprint density at radius 2 is 2.20 bits per heavy atom. The zero-order valence-corrected chi connectivity index (χ0v) is 8.32. The summed E-state index contributed by atoms with van der Waals surface area (Å²) < 4.78 is 17.9. The van der Waals surface area contributed by atoms with Crippen molar-refractivity contribution < 1.29 is 13.9 Å². The molecule has 1 rings (SSSR count). The number of ether oxygens (including phenoxy) is 1. The number of benzene rings is 1. The van der Waals surface area contributed by atoms with Crippen LogP contribution in [0.2, 0.25) is 0 Å². The Kier molecular flexibility index (Phi) is 3.24. The van der Waals surface area contributed by atoms with Crippen molar-refractivity contribution in [2.24, 2.45) is 0 Å². The SMILES string of the molecule is CN(C)c1ccc(OC=O)c(F)c1C#N. The Morgan fingerprint density at radius 1 is 1.53 bits per heavy atom. The number of carbonyl (C=O) groups is 1. The molecule has 0 unspecified atom stereocenters. The molecule has 0 radical (unpaired) electrons. The van der Waals surface area contributed by atoms with Crippen LogP contribution in [0.15, 0.2) is 12.1 Å². The van der Waals surface area contributed by atoms with Crippen LogP contribution in [0.25, 0.3) is 0 Å². The minimum Gasteiger partial charge on any atom is -0.426 e. The van der Waals surface area contributed by atoms with Crippen molar-refractivity contribution in [1.29, 1.82) is 5.26 Å². The van der Waals surface area contributed by atoms with E-state index in [1.807, 2.05) is 0 Å². The van der Waals surface area contributed by atoms with Gasteiger partial charge in [0, 0.05) is 14.1 Å². The molecule has 0 spiro atoms. The summed E-state index contributed by atoms with van der Waals surface area (Å²) in [6.45, 7) is 0.120. The lowest BCUT2D eigenvalue weighted by molar-refractivity contribution is -0.120. The number of hydrogen-bond acceptors (Lipinski definition) is 4. The average molecular weight is 208 g/mol. The largest absolute Gasteiger partial charge is 0.426 e. The maximum Gasteiger partial charge on any atom is 0.298 e. The first-order chi connectivity index (χ1) is 7.11. The molecule has 0 aliphatic carbocycles. The summed E-state index contributed by atoms with van der Waals surface area (Å²) in [5.74, 6) is -1.07. The molecule has 1 aromatic carbocycles. The first-order valence-electron chi connectivity index (χ1n) is 4.12. The summed E-state index contributed by atoms with van der Waals surface area (Å²) >= 11 is 0. The standard InChI is InChI=1S/C10H9FN2O2/c1-13(2)8-3-4-9(15-6-14)10(11)7(8)5-12/h3-4,6H,1-2H3. The van der Waals surface area contributed by atoms with Crippen LogP contribution in [-0.4, -0.2) is 20.6 Å². The van der Waals surface area contributed by atoms with E-state index in [4.69, 9.17) is 5.26 Å². The van der Waals surface area contributed by atoms with Gasteiger partial charge in [-0.1, -0.05) is 0 Å². The van der Waals surface area contributed by atoms with Gasteiger partial charge in [0.2, 0.25) is 0 Å². The van der Waals surface area contributed by atoms with Gasteiger partial charge in [0.25, 0.3) is 6.47 Å². The predicted octanol–water partition coefficient (Wildman–Crippen LogP) is 1.30. The van der Waals surface area contributed by atoms with Crippen molar-refractivity contribution in [3.8, 4) is 11.8 Å². The van der Waals surface area contributed by atoms with E-state index < -0.39 is 5.82 Å². The molecule has 0 fully saturated rings. The minimum absolute atomic E-state index is 0.120. The topological polar surface area (TPSA) is 53.3 Å². The number of anilines is 1. The molecule has 0 saturated heterocycles. The van der Waals surface area contributed by atoms with Gasteiger partial charge in [0.1, 0.15) is 11.6 Å². The molecule has 1 aromatic rings. The van der Waals surface area contributed by atoms with Crippen LogP contribution in [0.3, 0.4) is 0 Å². The second-order valence-corrected chi connectivity index (χ2v) is 2.99. The monoisotopic (exact) mass is 208 g/mol. The van der Waals surface area contributed by atoms with Crippen LogP contribution in [0.1, 0.15) is 5.56 Å². The molecule has 0 saturated carbocycles. The van der Waals surface area contributed by atoms with Crippen molar-refractivity contribution in [2.75, 3.05) is 19.0 Å². The lowest BCUT2D eigenvalue weighted by Crippen LogP contribution is -2.11. The highest BCUT2D eigenvalue weighted by Gasteiger charge is 2.15. The van der Waals surface area contributed by atoms with E-state index >= 15 is 0 Å². The minimum atomic E-state index is -0.823. The summed E-state index contributed by atoms with van der Waals surface area (Å²) in [7, 11) is 3.38. The molecule has 4 nitrogen and oxygen atoms in total. The molecule has 78 valence electrons. The molecule has 0 aliphatic heterocycles. The van der Waals surface area contributed by atoms with Gasteiger partial charge in [-0.2, -0.15) is 5.26 Å². The maximum absolute atomic E-state index is 13.5. The van der Waals surface area contributed by atoms with Gasteiger partial charge in [-0.3, -0.25) is 4.79 Å². The molecule has 0 bridgehead atoms. The second kappa shape index (κ2) is 4.42. The fourth-order valence-corrected chi connectivity index (χ4v) is 1.17. The van der Waals surface area contributed by atoms with Gasteiger partial charge >= 0.3 is 0 Å². The number of rotatable bonds is 3. The van der Waals surface area contributed by atoms with Gasteiger partial charge in [-0.25, -0.2) is 4.39 Å². The van der Waals surface area contributed by atoms with Crippen LogP contribution < -0.4 is 9.64 Å². The highest BCUT2D eigenvalue weighted by molar-refractivity contribution is 5.63. The van der Waals surface area contributed by atoms with Crippen molar-refractivity contribution >= 4 is 12.2 Å². The van der Waals surface area contributed by atoms with E-state index in [9.17, 15) is 9.18 Å². The summed E-state index contributed by atoms with van der Waals surface area (Å²) in [4.78, 5) is 11.7. The van der Waals surface area contributed by atoms with E-state index in [0.29, 0.717) is 5.69 Å². The Morgan fingerprint density at radius 3 is 2.67 bits per heavy atom. The van der Waals surface area contributed by atoms with Crippen molar-refractivity contribution in [2.45, 2.75) is 0 Å². The molecule has 5 heteroatoms. The Bertz CT molecular complexity index is 424. The fraction of sp³-hybridized carbons (Fsp3) is 0.200. The molecule has 0 atom stereocenters. The first-order valence-corrected chi connectivity index (χ1v) is 4.12. The Labute approximate surface area is 86.5 Å².